The van der Waals surface area contributed by atoms with E-state index in [2.05, 4.69) is 36.1 Å². The van der Waals surface area contributed by atoms with E-state index in [1.807, 2.05) is 7.05 Å². The Balaban J connectivity index is 2.16. The lowest BCUT2D eigenvalue weighted by Gasteiger charge is -2.29. The molecule has 0 aliphatic carbocycles. The molecular weight excluding hydrogens is 252 g/mol. The molecule has 1 fully saturated rings. The number of hydrogen-bond acceptors (Lipinski definition) is 5. The smallest absolute Gasteiger partial charge is 0.137 e. The van der Waals surface area contributed by atoms with Crippen molar-refractivity contribution in [1.29, 1.82) is 0 Å². The highest BCUT2D eigenvalue weighted by Gasteiger charge is 2.19. The molecule has 20 heavy (non-hydrogen) atoms. The van der Waals surface area contributed by atoms with Crippen LogP contribution in [0.1, 0.15) is 31.2 Å². The third-order valence-electron chi connectivity index (χ3n) is 3.95. The molecule has 5 nitrogen and oxygen atoms in total. The van der Waals surface area contributed by atoms with E-state index in [1.54, 1.807) is 0 Å². The first-order valence-corrected chi connectivity index (χ1v) is 7.49. The van der Waals surface area contributed by atoms with Crippen LogP contribution in [0.4, 0.5) is 11.6 Å². The highest BCUT2D eigenvalue weighted by molar-refractivity contribution is 5.58. The fourth-order valence-electron chi connectivity index (χ4n) is 2.73. The van der Waals surface area contributed by atoms with Gasteiger partial charge in [-0.25, -0.2) is 9.97 Å². The average molecular weight is 278 g/mol. The van der Waals surface area contributed by atoms with E-state index in [0.717, 1.165) is 62.0 Å². The van der Waals surface area contributed by atoms with Gasteiger partial charge in [-0.2, -0.15) is 0 Å². The van der Waals surface area contributed by atoms with E-state index in [1.165, 1.54) is 0 Å². The molecule has 2 rings (SSSR count). The van der Waals surface area contributed by atoms with E-state index in [4.69, 9.17) is 9.72 Å². The molecule has 0 saturated carbocycles. The zero-order valence-electron chi connectivity index (χ0n) is 13.1. The van der Waals surface area contributed by atoms with E-state index in [0.29, 0.717) is 5.92 Å². The molecule has 1 saturated heterocycles. The second kappa shape index (κ2) is 6.88. The van der Waals surface area contributed by atoms with Crippen molar-refractivity contribution in [2.24, 2.45) is 5.92 Å². The molecule has 2 heterocycles. The maximum atomic E-state index is 5.43. The van der Waals surface area contributed by atoms with Gasteiger partial charge in [0.2, 0.25) is 0 Å². The quantitative estimate of drug-likeness (QED) is 0.895. The number of ether oxygens (including phenoxy) is 1. The molecule has 0 bridgehead atoms. The zero-order chi connectivity index (χ0) is 14.5. The van der Waals surface area contributed by atoms with E-state index in [9.17, 15) is 0 Å². The van der Waals surface area contributed by atoms with E-state index in [-0.39, 0.29) is 0 Å². The minimum absolute atomic E-state index is 0.700. The van der Waals surface area contributed by atoms with Crippen LogP contribution in [-0.4, -0.2) is 43.8 Å². The molecule has 0 radical (unpaired) electrons. The zero-order valence-corrected chi connectivity index (χ0v) is 13.1. The molecule has 5 heteroatoms. The molecule has 1 aromatic rings. The first kappa shape index (κ1) is 15.0. The molecule has 1 aliphatic heterocycles. The van der Waals surface area contributed by atoms with Crippen LogP contribution in [0, 0.1) is 12.8 Å². The van der Waals surface area contributed by atoms with Gasteiger partial charge in [-0.3, -0.25) is 0 Å². The molecule has 1 aromatic heterocycles. The lowest BCUT2D eigenvalue weighted by molar-refractivity contribution is 0.0685. The maximum absolute atomic E-state index is 5.43. The lowest BCUT2D eigenvalue weighted by Crippen LogP contribution is -2.31. The van der Waals surface area contributed by atoms with E-state index >= 15 is 0 Å². The fourth-order valence-corrected chi connectivity index (χ4v) is 2.73. The molecule has 112 valence electrons. The van der Waals surface area contributed by atoms with Crippen LogP contribution in [0.3, 0.4) is 0 Å². The summed E-state index contributed by atoms with van der Waals surface area (Å²) in [5, 5.41) is 3.17. The lowest BCUT2D eigenvalue weighted by atomic mass is 10.00. The molecule has 0 spiro atoms. The highest BCUT2D eigenvalue weighted by Crippen LogP contribution is 2.25. The van der Waals surface area contributed by atoms with Crippen LogP contribution in [0.15, 0.2) is 0 Å². The fraction of sp³-hybridized carbons (Fsp3) is 0.733. The van der Waals surface area contributed by atoms with Crippen molar-refractivity contribution in [2.75, 3.05) is 44.1 Å². The minimum Gasteiger partial charge on any atom is -0.381 e. The normalized spacial score (nSPS) is 16.2. The number of hydrogen-bond donors (Lipinski definition) is 1. The molecule has 0 unspecified atom stereocenters. The second-order valence-corrected chi connectivity index (χ2v) is 5.48. The van der Waals surface area contributed by atoms with Crippen LogP contribution in [0.25, 0.3) is 0 Å². The van der Waals surface area contributed by atoms with Gasteiger partial charge >= 0.3 is 0 Å². The summed E-state index contributed by atoms with van der Waals surface area (Å²) in [6.45, 7) is 6.99. The summed E-state index contributed by atoms with van der Waals surface area (Å²) >= 11 is 0. The van der Waals surface area contributed by atoms with Crippen molar-refractivity contribution < 1.29 is 4.74 Å². The standard InChI is InChI=1S/C15H26N4O/c1-5-13-17-14(16-3)11(2)15(18-13)19(4)10-12-6-8-20-9-7-12/h12H,5-10H2,1-4H3,(H,16,17,18). The first-order chi connectivity index (χ1) is 9.65. The number of aryl methyl sites for hydroxylation is 1. The van der Waals surface area contributed by atoms with E-state index < -0.39 is 0 Å². The van der Waals surface area contributed by atoms with Crippen molar-refractivity contribution in [3.63, 3.8) is 0 Å². The predicted octanol–water partition coefficient (Wildman–Crippen LogP) is 2.25. The van der Waals surface area contributed by atoms with Crippen molar-refractivity contribution in [3.05, 3.63) is 11.4 Å². The van der Waals surface area contributed by atoms with Crippen molar-refractivity contribution in [2.45, 2.75) is 33.1 Å². The van der Waals surface area contributed by atoms with Gasteiger partial charge in [0.05, 0.1) is 0 Å². The van der Waals surface area contributed by atoms with Gasteiger partial charge in [-0.05, 0) is 25.7 Å². The predicted molar refractivity (Wildman–Crippen MR) is 82.5 cm³/mol. The summed E-state index contributed by atoms with van der Waals surface area (Å²) in [5.74, 6) is 3.58. The summed E-state index contributed by atoms with van der Waals surface area (Å²) in [6.07, 6.45) is 3.15. The van der Waals surface area contributed by atoms with Crippen LogP contribution in [0.5, 0.6) is 0 Å². The number of aromatic nitrogens is 2. The third kappa shape index (κ3) is 3.39. The monoisotopic (exact) mass is 278 g/mol. The van der Waals surface area contributed by atoms with Gasteiger partial charge in [0, 0.05) is 45.8 Å². The largest absolute Gasteiger partial charge is 0.381 e. The van der Waals surface area contributed by atoms with Crippen LogP contribution in [0.2, 0.25) is 0 Å². The van der Waals surface area contributed by atoms with Crippen molar-refractivity contribution in [3.8, 4) is 0 Å². The molecule has 1 aliphatic rings. The minimum atomic E-state index is 0.700. The Morgan fingerprint density at radius 1 is 1.30 bits per heavy atom. The number of anilines is 2. The van der Waals surface area contributed by atoms with Gasteiger partial charge in [0.15, 0.2) is 0 Å². The molecular formula is C15H26N4O. The number of nitrogens with one attached hydrogen (secondary N) is 1. The summed E-state index contributed by atoms with van der Waals surface area (Å²) in [5.41, 5.74) is 1.12. The Hall–Kier alpha value is -1.36. The molecule has 0 amide bonds. The Morgan fingerprint density at radius 2 is 2.00 bits per heavy atom. The SMILES string of the molecule is CCc1nc(NC)c(C)c(N(C)CC2CCOCC2)n1. The average Bonchev–Trinajstić information content (AvgIpc) is 2.48. The summed E-state index contributed by atoms with van der Waals surface area (Å²) in [7, 11) is 4.04. The summed E-state index contributed by atoms with van der Waals surface area (Å²) in [6, 6.07) is 0. The van der Waals surface area contributed by atoms with Gasteiger partial charge in [-0.1, -0.05) is 6.92 Å². The number of rotatable bonds is 5. The molecule has 1 N–H and O–H groups in total. The van der Waals surface area contributed by atoms with Gasteiger partial charge in [0.1, 0.15) is 17.5 Å². The van der Waals surface area contributed by atoms with Crippen molar-refractivity contribution >= 4 is 11.6 Å². The molecule has 0 atom stereocenters. The second-order valence-electron chi connectivity index (χ2n) is 5.48. The van der Waals surface area contributed by atoms with Crippen LogP contribution >= 0.6 is 0 Å². The van der Waals surface area contributed by atoms with Gasteiger partial charge in [0.25, 0.3) is 0 Å². The third-order valence-corrected chi connectivity index (χ3v) is 3.95. The van der Waals surface area contributed by atoms with Crippen molar-refractivity contribution in [1.82, 2.24) is 9.97 Å². The summed E-state index contributed by atoms with van der Waals surface area (Å²) < 4.78 is 5.43. The maximum Gasteiger partial charge on any atom is 0.137 e. The Labute approximate surface area is 121 Å². The van der Waals surface area contributed by atoms with Gasteiger partial charge < -0.3 is 15.0 Å². The Morgan fingerprint density at radius 3 is 2.60 bits per heavy atom. The Kier molecular flexibility index (Phi) is 5.17. The molecule has 0 aromatic carbocycles. The van der Waals surface area contributed by atoms with Gasteiger partial charge in [-0.15, -0.1) is 0 Å². The highest BCUT2D eigenvalue weighted by atomic mass is 16.5. The van der Waals surface area contributed by atoms with Crippen LogP contribution in [-0.2, 0) is 11.2 Å². The Bertz CT molecular complexity index is 444. The topological polar surface area (TPSA) is 50.3 Å². The summed E-state index contributed by atoms with van der Waals surface area (Å²) in [4.78, 5) is 11.5. The van der Waals surface area contributed by atoms with Crippen LogP contribution < -0.4 is 10.2 Å². The first-order valence-electron chi connectivity index (χ1n) is 7.49. The number of nitrogens with zero attached hydrogens (tertiary/aromatic N) is 3.